The van der Waals surface area contributed by atoms with Crippen LogP contribution in [0.4, 0.5) is 0 Å². The van der Waals surface area contributed by atoms with E-state index in [4.69, 9.17) is 18.9 Å². The van der Waals surface area contributed by atoms with E-state index in [1.807, 2.05) is 37.4 Å². The minimum absolute atomic E-state index is 0.0197. The van der Waals surface area contributed by atoms with Crippen LogP contribution in [0, 0.1) is 5.92 Å². The van der Waals surface area contributed by atoms with Crippen molar-refractivity contribution in [2.24, 2.45) is 5.92 Å². The van der Waals surface area contributed by atoms with Gasteiger partial charge in [-0.15, -0.1) is 23.5 Å². The molecule has 1 rings (SSSR count). The highest BCUT2D eigenvalue weighted by molar-refractivity contribution is 8.18. The van der Waals surface area contributed by atoms with Crippen molar-refractivity contribution in [3.63, 3.8) is 0 Å². The zero-order valence-corrected chi connectivity index (χ0v) is 16.6. The van der Waals surface area contributed by atoms with Crippen LogP contribution in [-0.2, 0) is 18.9 Å². The van der Waals surface area contributed by atoms with E-state index in [9.17, 15) is 5.11 Å². The molecule has 1 saturated heterocycles. The highest BCUT2D eigenvalue weighted by atomic mass is 32.2. The third-order valence-electron chi connectivity index (χ3n) is 4.11. The first-order valence-electron chi connectivity index (χ1n) is 8.29. The van der Waals surface area contributed by atoms with Gasteiger partial charge in [0.2, 0.25) is 0 Å². The van der Waals surface area contributed by atoms with E-state index < -0.39 is 12.4 Å². The summed E-state index contributed by atoms with van der Waals surface area (Å²) in [6.07, 6.45) is 0.343. The summed E-state index contributed by atoms with van der Waals surface area (Å²) in [5.41, 5.74) is 0. The second-order valence-electron chi connectivity index (χ2n) is 5.53. The van der Waals surface area contributed by atoms with Crippen LogP contribution in [-0.4, -0.2) is 66.8 Å². The molecule has 0 spiro atoms. The molecular formula is C16H32O5S2. The van der Waals surface area contributed by atoms with Gasteiger partial charge in [0.25, 0.3) is 0 Å². The first-order chi connectivity index (χ1) is 11.0. The smallest absolute Gasteiger partial charge is 0.183 e. The number of hydrogen-bond acceptors (Lipinski definition) is 7. The zero-order chi connectivity index (χ0) is 17.3. The van der Waals surface area contributed by atoms with Gasteiger partial charge in [-0.3, -0.25) is 0 Å². The van der Waals surface area contributed by atoms with E-state index in [2.05, 4.69) is 6.92 Å². The van der Waals surface area contributed by atoms with Crippen LogP contribution < -0.4 is 0 Å². The average Bonchev–Trinajstić information content (AvgIpc) is 2.59. The van der Waals surface area contributed by atoms with Crippen molar-refractivity contribution < 1.29 is 24.1 Å². The third kappa shape index (κ3) is 6.06. The Labute approximate surface area is 149 Å². The van der Waals surface area contributed by atoms with E-state index in [1.165, 1.54) is 6.42 Å². The molecule has 0 aromatic heterocycles. The monoisotopic (exact) mass is 368 g/mol. The van der Waals surface area contributed by atoms with Crippen molar-refractivity contribution in [2.45, 2.75) is 56.4 Å². The van der Waals surface area contributed by atoms with Crippen LogP contribution in [0.2, 0.25) is 0 Å². The largest absolute Gasteiger partial charge is 0.387 e. The summed E-state index contributed by atoms with van der Waals surface area (Å²) >= 11 is 3.78. The summed E-state index contributed by atoms with van der Waals surface area (Å²) in [5, 5.41) is 10.9. The molecule has 138 valence electrons. The Balaban J connectivity index is 2.90. The van der Waals surface area contributed by atoms with Crippen LogP contribution in [0.1, 0.15) is 33.6 Å². The van der Waals surface area contributed by atoms with Crippen LogP contribution in [0.5, 0.6) is 0 Å². The maximum Gasteiger partial charge on any atom is 0.183 e. The van der Waals surface area contributed by atoms with Gasteiger partial charge < -0.3 is 24.1 Å². The van der Waals surface area contributed by atoms with Crippen molar-refractivity contribution in [1.29, 1.82) is 0 Å². The zero-order valence-electron chi connectivity index (χ0n) is 14.9. The predicted molar refractivity (Wildman–Crippen MR) is 96.9 cm³/mol. The fourth-order valence-corrected chi connectivity index (χ4v) is 6.32. The Kier molecular flexibility index (Phi) is 10.5. The topological polar surface area (TPSA) is 57.2 Å². The van der Waals surface area contributed by atoms with Gasteiger partial charge in [0, 0.05) is 39.8 Å². The Bertz CT molecular complexity index is 303. The molecule has 0 amide bonds. The number of hydrogen-bond donors (Lipinski definition) is 1. The van der Waals surface area contributed by atoms with Crippen LogP contribution >= 0.6 is 23.5 Å². The molecule has 0 aromatic rings. The second kappa shape index (κ2) is 11.2. The molecule has 5 nitrogen and oxygen atoms in total. The normalized spacial score (nSPS) is 20.9. The summed E-state index contributed by atoms with van der Waals surface area (Å²) in [5.74, 6) is 2.14. The van der Waals surface area contributed by atoms with Crippen LogP contribution in [0.3, 0.4) is 0 Å². The van der Waals surface area contributed by atoms with Gasteiger partial charge in [0.1, 0.15) is 6.10 Å². The van der Waals surface area contributed by atoms with Crippen molar-refractivity contribution in [1.82, 2.24) is 0 Å². The maximum atomic E-state index is 10.9. The predicted octanol–water partition coefficient (Wildman–Crippen LogP) is 2.96. The molecule has 0 bridgehead atoms. The summed E-state index contributed by atoms with van der Waals surface area (Å²) in [6.45, 7) is 6.93. The minimum Gasteiger partial charge on any atom is -0.387 e. The number of methoxy groups -OCH3 is 2. The molecule has 7 heteroatoms. The van der Waals surface area contributed by atoms with E-state index in [1.54, 1.807) is 14.2 Å². The van der Waals surface area contributed by atoms with Gasteiger partial charge in [0.05, 0.1) is 4.08 Å². The lowest BCUT2D eigenvalue weighted by Gasteiger charge is -2.45. The van der Waals surface area contributed by atoms with Crippen molar-refractivity contribution in [3.8, 4) is 0 Å². The SMILES string of the molecule is CCOC(OCC)C(O)C(C)C1(CC(OC)OC)SCCCS1. The van der Waals surface area contributed by atoms with E-state index >= 15 is 0 Å². The van der Waals surface area contributed by atoms with Crippen molar-refractivity contribution in [3.05, 3.63) is 0 Å². The fraction of sp³-hybridized carbons (Fsp3) is 1.00. The lowest BCUT2D eigenvalue weighted by molar-refractivity contribution is -0.202. The summed E-state index contributed by atoms with van der Waals surface area (Å²) < 4.78 is 21.9. The van der Waals surface area contributed by atoms with Crippen molar-refractivity contribution >= 4 is 23.5 Å². The molecule has 0 aliphatic carbocycles. The number of ether oxygens (including phenoxy) is 4. The molecule has 2 unspecified atom stereocenters. The Morgan fingerprint density at radius 1 is 1.04 bits per heavy atom. The number of aliphatic hydroxyl groups excluding tert-OH is 1. The first-order valence-corrected chi connectivity index (χ1v) is 10.3. The molecule has 1 fully saturated rings. The average molecular weight is 369 g/mol. The lowest BCUT2D eigenvalue weighted by Crippen LogP contribution is -2.48. The van der Waals surface area contributed by atoms with Gasteiger partial charge in [-0.25, -0.2) is 0 Å². The van der Waals surface area contributed by atoms with E-state index in [0.29, 0.717) is 13.2 Å². The van der Waals surface area contributed by atoms with Crippen LogP contribution in [0.15, 0.2) is 0 Å². The van der Waals surface area contributed by atoms with Crippen LogP contribution in [0.25, 0.3) is 0 Å². The molecule has 1 aliphatic rings. The molecular weight excluding hydrogens is 336 g/mol. The van der Waals surface area contributed by atoms with Gasteiger partial charge in [-0.1, -0.05) is 6.92 Å². The summed E-state index contributed by atoms with van der Waals surface area (Å²) in [6, 6.07) is 0. The fourth-order valence-electron chi connectivity index (χ4n) is 2.72. The minimum atomic E-state index is -0.692. The standard InChI is InChI=1S/C16H32O5S2/c1-6-20-15(21-7-2)14(17)12(3)16(11-13(18-4)19-5)22-9-8-10-23-16/h12-15,17H,6-11H2,1-5H3. The van der Waals surface area contributed by atoms with Gasteiger partial charge >= 0.3 is 0 Å². The molecule has 1 heterocycles. The lowest BCUT2D eigenvalue weighted by atomic mass is 9.96. The van der Waals surface area contributed by atoms with E-state index in [-0.39, 0.29) is 16.3 Å². The van der Waals surface area contributed by atoms with Gasteiger partial charge in [-0.05, 0) is 31.8 Å². The number of aliphatic hydroxyl groups is 1. The summed E-state index contributed by atoms with van der Waals surface area (Å²) in [4.78, 5) is 0. The highest BCUT2D eigenvalue weighted by Crippen LogP contribution is 2.52. The molecule has 1 aliphatic heterocycles. The summed E-state index contributed by atoms with van der Waals surface area (Å²) in [7, 11) is 3.31. The Hall–Kier alpha value is 0.500. The van der Waals surface area contributed by atoms with Gasteiger partial charge in [0.15, 0.2) is 12.6 Å². The maximum absolute atomic E-state index is 10.9. The molecule has 0 aromatic carbocycles. The molecule has 2 atom stereocenters. The third-order valence-corrected chi connectivity index (χ3v) is 7.85. The Morgan fingerprint density at radius 2 is 1.57 bits per heavy atom. The van der Waals surface area contributed by atoms with Gasteiger partial charge in [-0.2, -0.15) is 0 Å². The highest BCUT2D eigenvalue weighted by Gasteiger charge is 2.46. The molecule has 0 radical (unpaired) electrons. The second-order valence-corrected chi connectivity index (χ2v) is 8.64. The molecule has 23 heavy (non-hydrogen) atoms. The molecule has 0 saturated carbocycles. The molecule has 1 N–H and O–H groups in total. The quantitative estimate of drug-likeness (QED) is 0.563. The van der Waals surface area contributed by atoms with Crippen molar-refractivity contribution in [2.75, 3.05) is 38.9 Å². The number of rotatable bonds is 11. The van der Waals surface area contributed by atoms with E-state index in [0.717, 1.165) is 17.9 Å². The Morgan fingerprint density at radius 3 is 2.00 bits per heavy atom. The first kappa shape index (κ1) is 21.5. The number of thioether (sulfide) groups is 2.